The lowest BCUT2D eigenvalue weighted by Gasteiger charge is -2.34. The Morgan fingerprint density at radius 3 is 2.46 bits per heavy atom. The number of carbonyl (C=O) groups excluding carboxylic acids is 2. The van der Waals surface area contributed by atoms with Crippen LogP contribution in [-0.4, -0.2) is 55.6 Å². The van der Waals surface area contributed by atoms with E-state index in [0.717, 1.165) is 22.3 Å². The Kier molecular flexibility index (Phi) is 6.68. The van der Waals surface area contributed by atoms with Crippen LogP contribution in [0.3, 0.4) is 0 Å². The molecule has 180 valence electrons. The highest BCUT2D eigenvalue weighted by molar-refractivity contribution is 5.89. The van der Waals surface area contributed by atoms with Crippen molar-refractivity contribution in [1.29, 1.82) is 0 Å². The summed E-state index contributed by atoms with van der Waals surface area (Å²) in [7, 11) is 0. The van der Waals surface area contributed by atoms with Crippen molar-refractivity contribution in [2.75, 3.05) is 0 Å². The molecular weight excluding hydrogens is 450 g/mol. The van der Waals surface area contributed by atoms with Crippen LogP contribution >= 0.6 is 0 Å². The molecule has 2 unspecified atom stereocenters. The lowest BCUT2D eigenvalue weighted by atomic mass is 9.93. The molecule has 1 aliphatic rings. The van der Waals surface area contributed by atoms with Gasteiger partial charge in [-0.3, -0.25) is 14.6 Å². The third-order valence-corrected chi connectivity index (χ3v) is 6.24. The van der Waals surface area contributed by atoms with E-state index in [2.05, 4.69) is 10.3 Å². The topological polar surface area (TPSA) is 140 Å². The van der Waals surface area contributed by atoms with Gasteiger partial charge in [-0.2, -0.15) is 0 Å². The molecular formula is C26H25N3O6. The first-order valence-corrected chi connectivity index (χ1v) is 11.0. The Balaban J connectivity index is 1.48. The molecule has 0 saturated carbocycles. The number of aliphatic carboxylic acids is 1. The maximum absolute atomic E-state index is 13.0. The van der Waals surface area contributed by atoms with E-state index in [1.165, 1.54) is 17.0 Å². The Labute approximate surface area is 201 Å². The first-order chi connectivity index (χ1) is 16.8. The number of amides is 2. The Hall–Kier alpha value is -4.40. The number of nitrogens with one attached hydrogen (secondary N) is 1. The van der Waals surface area contributed by atoms with Crippen molar-refractivity contribution in [2.45, 2.75) is 38.4 Å². The average Bonchev–Trinajstić information content (AvgIpc) is 2.84. The van der Waals surface area contributed by atoms with E-state index >= 15 is 0 Å². The second-order valence-corrected chi connectivity index (χ2v) is 8.60. The second-order valence-electron chi connectivity index (χ2n) is 8.60. The van der Waals surface area contributed by atoms with Crippen molar-refractivity contribution in [2.24, 2.45) is 0 Å². The van der Waals surface area contributed by atoms with Crippen LogP contribution in [0.15, 0.2) is 54.9 Å². The molecule has 0 aliphatic carbocycles. The number of aromatic hydroxyl groups is 2. The SMILES string of the molecule is Cc1cnccc1-c1ccc(CC(NC(=O)C2Cc3cc(O)c(O)cc3CN2C=O)C(=O)O)cc1. The smallest absolute Gasteiger partial charge is 0.326 e. The Bertz CT molecular complexity index is 1270. The predicted octanol–water partition coefficient (Wildman–Crippen LogP) is 2.16. The van der Waals surface area contributed by atoms with Crippen LogP contribution in [0.4, 0.5) is 0 Å². The van der Waals surface area contributed by atoms with Crippen LogP contribution in [0.2, 0.25) is 0 Å². The minimum Gasteiger partial charge on any atom is -0.504 e. The van der Waals surface area contributed by atoms with Gasteiger partial charge in [0.15, 0.2) is 11.5 Å². The summed E-state index contributed by atoms with van der Waals surface area (Å²) in [5, 5.41) is 31.8. The molecule has 4 rings (SSSR count). The second kappa shape index (κ2) is 9.84. The van der Waals surface area contributed by atoms with Gasteiger partial charge in [-0.05, 0) is 58.5 Å². The number of pyridine rings is 1. The van der Waals surface area contributed by atoms with Gasteiger partial charge in [0.05, 0.1) is 0 Å². The molecule has 0 saturated heterocycles. The van der Waals surface area contributed by atoms with Gasteiger partial charge >= 0.3 is 5.97 Å². The van der Waals surface area contributed by atoms with E-state index in [1.54, 1.807) is 12.4 Å². The molecule has 9 nitrogen and oxygen atoms in total. The summed E-state index contributed by atoms with van der Waals surface area (Å²) in [6, 6.07) is 9.91. The zero-order valence-corrected chi connectivity index (χ0v) is 19.0. The fourth-order valence-corrected chi connectivity index (χ4v) is 4.31. The first-order valence-electron chi connectivity index (χ1n) is 11.0. The lowest BCUT2D eigenvalue weighted by Crippen LogP contribution is -2.54. The molecule has 2 atom stereocenters. The van der Waals surface area contributed by atoms with E-state index in [1.807, 2.05) is 37.3 Å². The minimum absolute atomic E-state index is 0.0540. The number of fused-ring (bicyclic) bond motifs is 1. The van der Waals surface area contributed by atoms with E-state index < -0.39 is 24.0 Å². The Morgan fingerprint density at radius 2 is 1.83 bits per heavy atom. The summed E-state index contributed by atoms with van der Waals surface area (Å²) >= 11 is 0. The molecule has 0 radical (unpaired) electrons. The Morgan fingerprint density at radius 1 is 1.14 bits per heavy atom. The van der Waals surface area contributed by atoms with Crippen LogP contribution < -0.4 is 5.32 Å². The zero-order valence-electron chi connectivity index (χ0n) is 19.0. The lowest BCUT2D eigenvalue weighted by molar-refractivity contribution is -0.143. The van der Waals surface area contributed by atoms with Crippen LogP contribution in [0.5, 0.6) is 11.5 Å². The number of phenolic OH excluding ortho intramolecular Hbond substituents is 2. The molecule has 0 spiro atoms. The molecule has 3 aromatic rings. The van der Waals surface area contributed by atoms with Crippen LogP contribution in [0.1, 0.15) is 22.3 Å². The highest BCUT2D eigenvalue weighted by Crippen LogP contribution is 2.33. The summed E-state index contributed by atoms with van der Waals surface area (Å²) in [5.41, 5.74) is 4.97. The van der Waals surface area contributed by atoms with Crippen molar-refractivity contribution in [1.82, 2.24) is 15.2 Å². The van der Waals surface area contributed by atoms with Crippen LogP contribution in [0.25, 0.3) is 11.1 Å². The number of nitrogens with zero attached hydrogens (tertiary/aromatic N) is 2. The molecule has 4 N–H and O–H groups in total. The third-order valence-electron chi connectivity index (χ3n) is 6.24. The van der Waals surface area contributed by atoms with Gasteiger partial charge in [0.25, 0.3) is 0 Å². The fraction of sp³-hybridized carbons (Fsp3) is 0.231. The van der Waals surface area contributed by atoms with Gasteiger partial charge in [-0.1, -0.05) is 24.3 Å². The van der Waals surface area contributed by atoms with E-state index in [-0.39, 0.29) is 30.9 Å². The van der Waals surface area contributed by atoms with Crippen molar-refractivity contribution in [3.05, 3.63) is 77.1 Å². The van der Waals surface area contributed by atoms with Crippen molar-refractivity contribution in [3.8, 4) is 22.6 Å². The average molecular weight is 476 g/mol. The monoisotopic (exact) mass is 475 g/mol. The predicted molar refractivity (Wildman–Crippen MR) is 127 cm³/mol. The van der Waals surface area contributed by atoms with Gasteiger partial charge in [-0.15, -0.1) is 0 Å². The van der Waals surface area contributed by atoms with Crippen molar-refractivity contribution >= 4 is 18.3 Å². The minimum atomic E-state index is -1.20. The van der Waals surface area contributed by atoms with Crippen molar-refractivity contribution < 1.29 is 29.7 Å². The standard InChI is InChI=1S/C26H25N3O6/c1-15-12-27-7-6-20(15)17-4-2-16(3-5-17)8-21(26(34)35)28-25(33)22-9-18-10-23(31)24(32)11-19(18)13-29(22)14-30/h2-7,10-12,14,21-22,31-32H,8-9,13H2,1H3,(H,28,33)(H,34,35). The number of carboxylic acid groups (broad SMARTS) is 1. The summed E-state index contributed by atoms with van der Waals surface area (Å²) < 4.78 is 0. The van der Waals surface area contributed by atoms with Crippen LogP contribution in [-0.2, 0) is 33.8 Å². The van der Waals surface area contributed by atoms with Gasteiger partial charge in [-0.25, -0.2) is 4.79 Å². The molecule has 9 heteroatoms. The number of rotatable bonds is 7. The fourth-order valence-electron chi connectivity index (χ4n) is 4.31. The maximum Gasteiger partial charge on any atom is 0.326 e. The normalized spacial score (nSPS) is 15.7. The summed E-state index contributed by atoms with van der Waals surface area (Å²) in [5.74, 6) is -2.43. The molecule has 1 aromatic heterocycles. The summed E-state index contributed by atoms with van der Waals surface area (Å²) in [4.78, 5) is 41.9. The highest BCUT2D eigenvalue weighted by atomic mass is 16.4. The molecule has 2 aromatic carbocycles. The quantitative estimate of drug-likeness (QED) is 0.303. The third kappa shape index (κ3) is 5.08. The number of phenols is 2. The number of hydrogen-bond acceptors (Lipinski definition) is 6. The van der Waals surface area contributed by atoms with Gasteiger partial charge < -0.3 is 25.5 Å². The molecule has 2 heterocycles. The van der Waals surface area contributed by atoms with E-state index in [4.69, 9.17) is 0 Å². The van der Waals surface area contributed by atoms with E-state index in [9.17, 15) is 29.7 Å². The number of hydrogen-bond donors (Lipinski definition) is 4. The molecule has 0 bridgehead atoms. The molecule has 1 aliphatic heterocycles. The number of aryl methyl sites for hydroxylation is 1. The largest absolute Gasteiger partial charge is 0.504 e. The summed E-state index contributed by atoms with van der Waals surface area (Å²) in [6.45, 7) is 2.01. The zero-order chi connectivity index (χ0) is 25.1. The maximum atomic E-state index is 13.0. The van der Waals surface area contributed by atoms with E-state index in [0.29, 0.717) is 17.5 Å². The number of aromatic nitrogens is 1. The number of carboxylic acids is 1. The van der Waals surface area contributed by atoms with Gasteiger partial charge in [0.1, 0.15) is 12.1 Å². The summed E-state index contributed by atoms with van der Waals surface area (Å²) in [6.07, 6.45) is 4.15. The molecule has 2 amide bonds. The van der Waals surface area contributed by atoms with Crippen LogP contribution in [0, 0.1) is 6.92 Å². The van der Waals surface area contributed by atoms with Gasteiger partial charge in [0.2, 0.25) is 12.3 Å². The number of carbonyl (C=O) groups is 3. The highest BCUT2D eigenvalue weighted by Gasteiger charge is 2.33. The van der Waals surface area contributed by atoms with Crippen molar-refractivity contribution in [3.63, 3.8) is 0 Å². The first kappa shape index (κ1) is 23.7. The van der Waals surface area contributed by atoms with Gasteiger partial charge in [0, 0.05) is 31.8 Å². The molecule has 35 heavy (non-hydrogen) atoms. The number of benzene rings is 2. The molecule has 0 fully saturated rings.